The monoisotopic (exact) mass is 386 g/mol. The molecule has 1 unspecified atom stereocenters. The summed E-state index contributed by atoms with van der Waals surface area (Å²) in [6.07, 6.45) is 7.32. The van der Waals surface area contributed by atoms with Crippen molar-refractivity contribution in [1.82, 2.24) is 0 Å². The van der Waals surface area contributed by atoms with E-state index in [4.69, 9.17) is 9.47 Å². The minimum absolute atomic E-state index is 0.0282. The van der Waals surface area contributed by atoms with E-state index in [0.29, 0.717) is 35.9 Å². The van der Waals surface area contributed by atoms with Crippen molar-refractivity contribution in [3.8, 4) is 0 Å². The molecule has 0 aromatic rings. The number of carbonyl (C=O) groups is 1. The highest BCUT2D eigenvalue weighted by Gasteiger charge is 2.92. The van der Waals surface area contributed by atoms with Crippen LogP contribution in [0.25, 0.3) is 0 Å². The van der Waals surface area contributed by atoms with Gasteiger partial charge in [0.25, 0.3) is 0 Å². The van der Waals surface area contributed by atoms with Crippen LogP contribution in [0.4, 0.5) is 0 Å². The molecule has 2 aliphatic heterocycles. The second-order valence-corrected chi connectivity index (χ2v) is 11.4. The molecule has 6 fully saturated rings. The van der Waals surface area contributed by atoms with Crippen LogP contribution in [-0.4, -0.2) is 35.5 Å². The fraction of sp³-hybridized carbons (Fsp3) is 0.875. The Balaban J connectivity index is 1.46. The SMILES string of the molecule is C=C1CC[C@@]2(C)[C@H](CCOC1=O)C[C@@H]1CC[C@@]13[C@H](O)[C@@]1(C(C)C)OC1[C@@H]1C[C@@]132. The highest BCUT2D eigenvalue weighted by molar-refractivity contribution is 5.87. The molecule has 2 saturated heterocycles. The summed E-state index contributed by atoms with van der Waals surface area (Å²) in [7, 11) is 0. The molecule has 0 bridgehead atoms. The van der Waals surface area contributed by atoms with Crippen LogP contribution in [0, 0.1) is 39.9 Å². The summed E-state index contributed by atoms with van der Waals surface area (Å²) in [6.45, 7) is 11.5. The molecule has 6 aliphatic rings. The van der Waals surface area contributed by atoms with Crippen LogP contribution in [0.1, 0.15) is 65.7 Å². The fourth-order valence-corrected chi connectivity index (χ4v) is 9.28. The third-order valence-electron chi connectivity index (χ3n) is 10.8. The van der Waals surface area contributed by atoms with E-state index >= 15 is 0 Å². The summed E-state index contributed by atoms with van der Waals surface area (Å²) in [6, 6.07) is 0. The second kappa shape index (κ2) is 5.06. The summed E-state index contributed by atoms with van der Waals surface area (Å²) < 4.78 is 11.9. The first-order valence-corrected chi connectivity index (χ1v) is 11.5. The molecule has 9 atom stereocenters. The van der Waals surface area contributed by atoms with Crippen LogP contribution in [0.5, 0.6) is 0 Å². The summed E-state index contributed by atoms with van der Waals surface area (Å²) in [5.41, 5.74) is 0.657. The molecule has 0 aromatic carbocycles. The van der Waals surface area contributed by atoms with Crippen LogP contribution in [0.3, 0.4) is 0 Å². The minimum atomic E-state index is -0.339. The molecule has 4 aliphatic carbocycles. The largest absolute Gasteiger partial charge is 0.462 e. The van der Waals surface area contributed by atoms with Crippen molar-refractivity contribution in [1.29, 1.82) is 0 Å². The van der Waals surface area contributed by atoms with Gasteiger partial charge in [-0.05, 0) is 79.4 Å². The van der Waals surface area contributed by atoms with Crippen LogP contribution in [0.15, 0.2) is 12.2 Å². The lowest BCUT2D eigenvalue weighted by Gasteiger charge is -2.71. The maximum atomic E-state index is 12.2. The molecule has 4 saturated carbocycles. The Labute approximate surface area is 168 Å². The molecule has 6 rings (SSSR count). The summed E-state index contributed by atoms with van der Waals surface area (Å²) in [4.78, 5) is 12.2. The van der Waals surface area contributed by atoms with Gasteiger partial charge in [0, 0.05) is 11.0 Å². The first-order valence-electron chi connectivity index (χ1n) is 11.5. The zero-order chi connectivity index (χ0) is 19.7. The van der Waals surface area contributed by atoms with Gasteiger partial charge in [-0.15, -0.1) is 0 Å². The number of ether oxygens (including phenoxy) is 2. The predicted molar refractivity (Wildman–Crippen MR) is 104 cm³/mol. The number of rotatable bonds is 1. The Bertz CT molecular complexity index is 775. The lowest BCUT2D eigenvalue weighted by atomic mass is 9.33. The molecule has 28 heavy (non-hydrogen) atoms. The predicted octanol–water partition coefficient (Wildman–Crippen LogP) is 3.87. The van der Waals surface area contributed by atoms with E-state index in [1.807, 2.05) is 0 Å². The van der Waals surface area contributed by atoms with Crippen LogP contribution in [0.2, 0.25) is 0 Å². The third kappa shape index (κ3) is 1.62. The van der Waals surface area contributed by atoms with Crippen molar-refractivity contribution in [3.63, 3.8) is 0 Å². The van der Waals surface area contributed by atoms with E-state index in [1.54, 1.807) is 0 Å². The van der Waals surface area contributed by atoms with Gasteiger partial charge in [0.15, 0.2) is 0 Å². The summed E-state index contributed by atoms with van der Waals surface area (Å²) >= 11 is 0. The number of fused-ring (bicyclic) bond motifs is 3. The van der Waals surface area contributed by atoms with Gasteiger partial charge in [0.05, 0.1) is 18.8 Å². The molecule has 0 amide bonds. The molecule has 0 radical (unpaired) electrons. The molecule has 4 heteroatoms. The highest BCUT2D eigenvalue weighted by Crippen LogP contribution is 2.91. The zero-order valence-electron chi connectivity index (χ0n) is 17.5. The molecule has 2 spiro atoms. The number of esters is 1. The average Bonchev–Trinajstić information content (AvgIpc) is 3.51. The lowest BCUT2D eigenvalue weighted by Crippen LogP contribution is -2.71. The first-order chi connectivity index (χ1) is 13.3. The van der Waals surface area contributed by atoms with E-state index in [2.05, 4.69) is 27.4 Å². The van der Waals surface area contributed by atoms with Gasteiger partial charge in [0.2, 0.25) is 0 Å². The maximum Gasteiger partial charge on any atom is 0.333 e. The zero-order valence-corrected chi connectivity index (χ0v) is 17.5. The van der Waals surface area contributed by atoms with Crippen LogP contribution < -0.4 is 0 Å². The van der Waals surface area contributed by atoms with Crippen molar-refractivity contribution in [2.75, 3.05) is 6.61 Å². The van der Waals surface area contributed by atoms with E-state index in [0.717, 1.165) is 25.7 Å². The van der Waals surface area contributed by atoms with Crippen molar-refractivity contribution in [3.05, 3.63) is 12.2 Å². The number of hydrogen-bond acceptors (Lipinski definition) is 4. The van der Waals surface area contributed by atoms with Gasteiger partial charge in [0.1, 0.15) is 5.60 Å². The van der Waals surface area contributed by atoms with Gasteiger partial charge in [-0.2, -0.15) is 0 Å². The molecule has 2 heterocycles. The molecular formula is C24H34O4. The second-order valence-electron chi connectivity index (χ2n) is 11.4. The number of epoxide rings is 1. The van der Waals surface area contributed by atoms with Crippen LogP contribution >= 0.6 is 0 Å². The topological polar surface area (TPSA) is 59.1 Å². The van der Waals surface area contributed by atoms with Gasteiger partial charge in [-0.3, -0.25) is 0 Å². The highest BCUT2D eigenvalue weighted by atomic mass is 16.6. The van der Waals surface area contributed by atoms with Gasteiger partial charge >= 0.3 is 5.97 Å². The molecule has 154 valence electrons. The number of aliphatic hydroxyl groups is 1. The minimum Gasteiger partial charge on any atom is -0.462 e. The van der Waals surface area contributed by atoms with Gasteiger partial charge < -0.3 is 14.6 Å². The van der Waals surface area contributed by atoms with E-state index < -0.39 is 0 Å². The van der Waals surface area contributed by atoms with E-state index in [1.165, 1.54) is 19.3 Å². The Morgan fingerprint density at radius 2 is 2.00 bits per heavy atom. The Kier molecular flexibility index (Phi) is 3.24. The molecule has 4 nitrogen and oxygen atoms in total. The van der Waals surface area contributed by atoms with Crippen molar-refractivity contribution in [2.24, 2.45) is 39.9 Å². The fourth-order valence-electron chi connectivity index (χ4n) is 9.28. The van der Waals surface area contributed by atoms with E-state index in [9.17, 15) is 9.90 Å². The van der Waals surface area contributed by atoms with Gasteiger partial charge in [-0.25, -0.2) is 4.79 Å². The summed E-state index contributed by atoms with van der Waals surface area (Å²) in [5, 5.41) is 11.9. The Morgan fingerprint density at radius 1 is 1.21 bits per heavy atom. The van der Waals surface area contributed by atoms with Crippen molar-refractivity contribution in [2.45, 2.75) is 83.5 Å². The van der Waals surface area contributed by atoms with E-state index in [-0.39, 0.29) is 40.0 Å². The number of hydrogen-bond donors (Lipinski definition) is 1. The van der Waals surface area contributed by atoms with Crippen molar-refractivity contribution >= 4 is 5.97 Å². The molecule has 1 N–H and O–H groups in total. The Morgan fingerprint density at radius 3 is 2.68 bits per heavy atom. The normalized spacial score (nSPS) is 59.1. The standard InChI is InChI=1S/C24H34O4/c1-13(2)24-18(28-24)17-12-23(17)21(4)8-5-14(3)19(25)27-10-7-15(21)11-16-6-9-22(16,23)20(24)26/h13,15-18,20,26H,3,5-12H2,1-2,4H3/t15-,16+,17+,18?,20+,21+,22+,23+,24+/m1/s1. The smallest absolute Gasteiger partial charge is 0.333 e. The van der Waals surface area contributed by atoms with Crippen LogP contribution in [-0.2, 0) is 14.3 Å². The lowest BCUT2D eigenvalue weighted by molar-refractivity contribution is -0.260. The first kappa shape index (κ1) is 17.9. The molecular weight excluding hydrogens is 352 g/mol. The van der Waals surface area contributed by atoms with Gasteiger partial charge in [-0.1, -0.05) is 27.4 Å². The third-order valence-corrected chi connectivity index (χ3v) is 10.8. The number of aliphatic hydroxyl groups excluding tert-OH is 1. The van der Waals surface area contributed by atoms with Crippen molar-refractivity contribution < 1.29 is 19.4 Å². The number of carbonyl (C=O) groups excluding carboxylic acids is 1. The maximum absolute atomic E-state index is 12.2. The summed E-state index contributed by atoms with van der Waals surface area (Å²) in [5.74, 6) is 1.90. The Hall–Kier alpha value is -0.870. The number of cyclic esters (lactones) is 1. The molecule has 0 aromatic heterocycles. The quantitative estimate of drug-likeness (QED) is 0.422. The average molecular weight is 387 g/mol.